The number of imide groups is 1. The molecule has 7 nitrogen and oxygen atoms in total. The summed E-state index contributed by atoms with van der Waals surface area (Å²) in [5.74, 6) is -0.363. The van der Waals surface area contributed by atoms with Crippen LogP contribution in [0.15, 0.2) is 60.7 Å². The minimum atomic E-state index is -0.311. The van der Waals surface area contributed by atoms with E-state index in [0.717, 1.165) is 33.3 Å². The second-order valence-electron chi connectivity index (χ2n) is 8.99. The Kier molecular flexibility index (Phi) is 4.67. The molecular formula is C28H22N4O3. The number of nitrogens with one attached hydrogen (secondary N) is 1. The highest BCUT2D eigenvalue weighted by Gasteiger charge is 2.41. The van der Waals surface area contributed by atoms with Crippen molar-refractivity contribution >= 4 is 34.6 Å². The quantitative estimate of drug-likeness (QED) is 0.238. The molecule has 4 aromatic rings. The van der Waals surface area contributed by atoms with Crippen molar-refractivity contribution in [3.8, 4) is 17.0 Å². The first-order valence-corrected chi connectivity index (χ1v) is 11.5. The van der Waals surface area contributed by atoms with Gasteiger partial charge in [-0.2, -0.15) is 0 Å². The van der Waals surface area contributed by atoms with E-state index >= 15 is 0 Å². The maximum absolute atomic E-state index is 13.2. The molecule has 2 heterocycles. The molecule has 1 unspecified atom stereocenters. The van der Waals surface area contributed by atoms with Crippen molar-refractivity contribution in [1.82, 2.24) is 9.88 Å². The van der Waals surface area contributed by atoms with Gasteiger partial charge in [-0.1, -0.05) is 12.1 Å². The number of fused-ring (bicyclic) bond motifs is 4. The van der Waals surface area contributed by atoms with E-state index in [1.165, 1.54) is 11.1 Å². The molecule has 1 atom stereocenters. The van der Waals surface area contributed by atoms with Crippen molar-refractivity contribution in [2.45, 2.75) is 25.3 Å². The second-order valence-corrected chi connectivity index (χ2v) is 8.99. The Morgan fingerprint density at radius 2 is 1.66 bits per heavy atom. The highest BCUT2D eigenvalue weighted by molar-refractivity contribution is 6.21. The van der Waals surface area contributed by atoms with E-state index in [4.69, 9.17) is 16.1 Å². The largest absolute Gasteiger partial charge is 0.508 e. The molecule has 1 aliphatic heterocycles. The van der Waals surface area contributed by atoms with Crippen molar-refractivity contribution in [3.05, 3.63) is 88.5 Å². The lowest BCUT2D eigenvalue weighted by molar-refractivity contribution is 0.0571. The second kappa shape index (κ2) is 7.77. The molecule has 35 heavy (non-hydrogen) atoms. The highest BCUT2D eigenvalue weighted by atomic mass is 16.3. The number of rotatable bonds is 3. The number of carbonyl (C=O) groups excluding carboxylic acids is 2. The number of phenolic OH excluding ortho intramolecular Hbond substituents is 1. The lowest BCUT2D eigenvalue weighted by Gasteiger charge is -2.33. The van der Waals surface area contributed by atoms with E-state index < -0.39 is 0 Å². The maximum Gasteiger partial charge on any atom is 0.261 e. The molecule has 2 amide bonds. The Labute approximate surface area is 201 Å². The van der Waals surface area contributed by atoms with Crippen LogP contribution < -0.4 is 5.73 Å². The van der Waals surface area contributed by atoms with Gasteiger partial charge in [-0.25, -0.2) is 4.98 Å². The topological polar surface area (TPSA) is 120 Å². The molecule has 172 valence electrons. The highest BCUT2D eigenvalue weighted by Crippen LogP contribution is 2.40. The Morgan fingerprint density at radius 1 is 0.971 bits per heavy atom. The molecule has 7 heteroatoms. The number of nitrogens with zero attached hydrogens (tertiary/aromatic N) is 2. The van der Waals surface area contributed by atoms with Crippen LogP contribution in [0.5, 0.6) is 5.75 Å². The molecular weight excluding hydrogens is 440 g/mol. The number of anilines is 1. The van der Waals surface area contributed by atoms with Crippen molar-refractivity contribution in [2.75, 3.05) is 5.73 Å². The van der Waals surface area contributed by atoms with Crippen LogP contribution in [0.25, 0.3) is 22.2 Å². The molecule has 2 aliphatic rings. The molecule has 0 saturated heterocycles. The number of benzene rings is 3. The Morgan fingerprint density at radius 3 is 2.31 bits per heavy atom. The fraction of sp³-hybridized carbons (Fsp3) is 0.143. The van der Waals surface area contributed by atoms with Gasteiger partial charge in [0.2, 0.25) is 0 Å². The molecule has 6 rings (SSSR count). The van der Waals surface area contributed by atoms with Gasteiger partial charge >= 0.3 is 0 Å². The summed E-state index contributed by atoms with van der Waals surface area (Å²) >= 11 is 0. The number of amides is 2. The summed E-state index contributed by atoms with van der Waals surface area (Å²) in [6, 6.07) is 17.1. The minimum absolute atomic E-state index is 0.158. The van der Waals surface area contributed by atoms with Gasteiger partial charge in [-0.05, 0) is 78.9 Å². The number of phenols is 1. The number of nitrogens with two attached hydrogens (primary N) is 1. The van der Waals surface area contributed by atoms with Crippen molar-refractivity contribution in [1.29, 1.82) is 5.41 Å². The lowest BCUT2D eigenvalue weighted by Crippen LogP contribution is -2.43. The van der Waals surface area contributed by atoms with Crippen LogP contribution in [0, 0.1) is 5.41 Å². The SMILES string of the molecule is N=Cc1c(N)ccc2nc(-c3ccc(O)cc3)c3c(c12)CCC(N1C(=O)c2ccccc2C1=O)C3. The average molecular weight is 463 g/mol. The van der Waals surface area contributed by atoms with Crippen LogP contribution in [0.1, 0.15) is 43.8 Å². The van der Waals surface area contributed by atoms with Crippen LogP contribution in [-0.4, -0.2) is 39.1 Å². The van der Waals surface area contributed by atoms with Gasteiger partial charge in [0, 0.05) is 34.5 Å². The molecule has 1 aliphatic carbocycles. The third-order valence-electron chi connectivity index (χ3n) is 7.08. The zero-order chi connectivity index (χ0) is 24.3. The summed E-state index contributed by atoms with van der Waals surface area (Å²) in [7, 11) is 0. The molecule has 0 saturated carbocycles. The number of aromatic hydroxyl groups is 1. The first-order valence-electron chi connectivity index (χ1n) is 11.5. The van der Waals surface area contributed by atoms with Crippen LogP contribution >= 0.6 is 0 Å². The first-order chi connectivity index (χ1) is 17.0. The van der Waals surface area contributed by atoms with E-state index in [-0.39, 0.29) is 23.6 Å². The van der Waals surface area contributed by atoms with E-state index in [1.807, 2.05) is 18.2 Å². The molecule has 0 bridgehead atoms. The van der Waals surface area contributed by atoms with E-state index in [9.17, 15) is 14.7 Å². The fourth-order valence-electron chi connectivity index (χ4n) is 5.43. The molecule has 4 N–H and O–H groups in total. The molecule has 0 fully saturated rings. The van der Waals surface area contributed by atoms with Gasteiger partial charge in [0.15, 0.2) is 0 Å². The summed E-state index contributed by atoms with van der Waals surface area (Å²) in [6.07, 6.45) is 2.93. The van der Waals surface area contributed by atoms with Crippen molar-refractivity contribution in [2.24, 2.45) is 0 Å². The number of carbonyl (C=O) groups is 2. The Bertz CT molecular complexity index is 1520. The first kappa shape index (κ1) is 21.0. The zero-order valence-corrected chi connectivity index (χ0v) is 18.8. The summed E-state index contributed by atoms with van der Waals surface area (Å²) in [4.78, 5) is 32.7. The zero-order valence-electron chi connectivity index (χ0n) is 18.8. The van der Waals surface area contributed by atoms with Gasteiger partial charge in [-0.15, -0.1) is 0 Å². The molecule has 0 radical (unpaired) electrons. The third-order valence-corrected chi connectivity index (χ3v) is 7.08. The van der Waals surface area contributed by atoms with Crippen molar-refractivity contribution in [3.63, 3.8) is 0 Å². The van der Waals surface area contributed by atoms with Gasteiger partial charge in [0.25, 0.3) is 11.8 Å². The van der Waals surface area contributed by atoms with Crippen LogP contribution in [-0.2, 0) is 12.8 Å². The number of aromatic nitrogens is 1. The van der Waals surface area contributed by atoms with E-state index in [0.29, 0.717) is 41.6 Å². The standard InChI is InChI=1S/C28H22N4O3/c29-14-22-23(30)11-12-24-25(22)18-10-7-16(32-27(34)19-3-1-2-4-20(19)28(32)35)13-21(18)26(31-24)15-5-8-17(33)9-6-15/h1-6,8-9,11-12,14,16,29,33H,7,10,13,30H2. The Balaban J connectivity index is 1.53. The number of aryl methyl sites for hydroxylation is 1. The van der Waals surface area contributed by atoms with Gasteiger partial charge in [-0.3, -0.25) is 14.5 Å². The molecule has 0 spiro atoms. The van der Waals surface area contributed by atoms with E-state index in [1.54, 1.807) is 42.5 Å². The number of hydrogen-bond acceptors (Lipinski definition) is 6. The predicted octanol–water partition coefficient (Wildman–Crippen LogP) is 4.34. The van der Waals surface area contributed by atoms with Crippen LogP contribution in [0.2, 0.25) is 0 Å². The van der Waals surface area contributed by atoms with Gasteiger partial charge < -0.3 is 16.2 Å². The average Bonchev–Trinajstić information content (AvgIpc) is 3.13. The smallest absolute Gasteiger partial charge is 0.261 e. The van der Waals surface area contributed by atoms with Crippen LogP contribution in [0.4, 0.5) is 5.69 Å². The van der Waals surface area contributed by atoms with Crippen molar-refractivity contribution < 1.29 is 14.7 Å². The number of hydrogen-bond donors (Lipinski definition) is 3. The molecule has 3 aromatic carbocycles. The summed E-state index contributed by atoms with van der Waals surface area (Å²) in [6.45, 7) is 0. The van der Waals surface area contributed by atoms with E-state index in [2.05, 4.69) is 0 Å². The Hall–Kier alpha value is -4.52. The summed E-state index contributed by atoms with van der Waals surface area (Å²) in [5.41, 5.74) is 12.5. The summed E-state index contributed by atoms with van der Waals surface area (Å²) < 4.78 is 0. The predicted molar refractivity (Wildman–Crippen MR) is 134 cm³/mol. The van der Waals surface area contributed by atoms with Crippen LogP contribution in [0.3, 0.4) is 0 Å². The number of pyridine rings is 1. The van der Waals surface area contributed by atoms with Gasteiger partial charge in [0.1, 0.15) is 5.75 Å². The minimum Gasteiger partial charge on any atom is -0.508 e. The van der Waals surface area contributed by atoms with Gasteiger partial charge in [0.05, 0.1) is 22.3 Å². The third kappa shape index (κ3) is 3.12. The fourth-order valence-corrected chi connectivity index (χ4v) is 5.43. The monoisotopic (exact) mass is 462 g/mol. The normalized spacial score (nSPS) is 16.9. The summed E-state index contributed by atoms with van der Waals surface area (Å²) in [5, 5.41) is 18.6. The lowest BCUT2D eigenvalue weighted by atomic mass is 9.82. The molecule has 1 aromatic heterocycles. The number of nitrogen functional groups attached to an aromatic ring is 1. The maximum atomic E-state index is 13.2.